The minimum atomic E-state index is 0.0891. The first-order valence-electron chi connectivity index (χ1n) is 6.09. The van der Waals surface area contributed by atoms with Crippen LogP contribution < -0.4 is 5.32 Å². The first-order valence-corrected chi connectivity index (χ1v) is 7.35. The van der Waals surface area contributed by atoms with E-state index in [0.29, 0.717) is 0 Å². The Bertz CT molecular complexity index is 716. The zero-order valence-electron chi connectivity index (χ0n) is 10.7. The van der Waals surface area contributed by atoms with Crippen LogP contribution in [0.15, 0.2) is 40.1 Å². The van der Waals surface area contributed by atoms with Crippen LogP contribution in [-0.2, 0) is 0 Å². The standard InChI is InChI=1S/C15H14ClNOS/c1-9-5-6-19-15(9)14(17-2)13-8-10-7-11(16)3-4-12(10)18-13/h3-8,14,17H,1-2H3. The average molecular weight is 292 g/mol. The normalized spacial score (nSPS) is 13.0. The molecule has 0 radical (unpaired) electrons. The van der Waals surface area contributed by atoms with Gasteiger partial charge in [-0.05, 0) is 55.2 Å². The minimum Gasteiger partial charge on any atom is -0.459 e. The molecule has 0 amide bonds. The molecule has 0 aliphatic rings. The molecule has 3 aromatic rings. The minimum absolute atomic E-state index is 0.0891. The largest absolute Gasteiger partial charge is 0.459 e. The van der Waals surface area contributed by atoms with Gasteiger partial charge in [0.1, 0.15) is 17.4 Å². The molecule has 1 N–H and O–H groups in total. The number of furan rings is 1. The molecule has 98 valence electrons. The van der Waals surface area contributed by atoms with Crippen molar-refractivity contribution in [1.29, 1.82) is 0 Å². The summed E-state index contributed by atoms with van der Waals surface area (Å²) in [4.78, 5) is 1.28. The van der Waals surface area contributed by atoms with E-state index in [2.05, 4.69) is 29.8 Å². The molecule has 0 saturated heterocycles. The van der Waals surface area contributed by atoms with Crippen LogP contribution in [0.3, 0.4) is 0 Å². The van der Waals surface area contributed by atoms with Crippen molar-refractivity contribution in [2.75, 3.05) is 7.05 Å². The second-order valence-electron chi connectivity index (χ2n) is 4.52. The molecular weight excluding hydrogens is 278 g/mol. The maximum atomic E-state index is 6.01. The lowest BCUT2D eigenvalue weighted by Gasteiger charge is -2.12. The molecule has 0 fully saturated rings. The highest BCUT2D eigenvalue weighted by molar-refractivity contribution is 7.10. The predicted octanol–water partition coefficient (Wildman–Crippen LogP) is 4.76. The fraction of sp³-hybridized carbons (Fsp3) is 0.200. The van der Waals surface area contributed by atoms with Gasteiger partial charge in [0.2, 0.25) is 0 Å². The fourth-order valence-electron chi connectivity index (χ4n) is 2.26. The van der Waals surface area contributed by atoms with E-state index >= 15 is 0 Å². The SMILES string of the molecule is CNC(c1cc2cc(Cl)ccc2o1)c1sccc1C. The van der Waals surface area contributed by atoms with Crippen molar-refractivity contribution in [1.82, 2.24) is 5.32 Å². The Morgan fingerprint density at radius 2 is 2.11 bits per heavy atom. The summed E-state index contributed by atoms with van der Waals surface area (Å²) < 4.78 is 5.94. The lowest BCUT2D eigenvalue weighted by atomic mass is 10.1. The van der Waals surface area contributed by atoms with Crippen molar-refractivity contribution in [3.05, 3.63) is 56.9 Å². The summed E-state index contributed by atoms with van der Waals surface area (Å²) in [5.41, 5.74) is 2.15. The summed E-state index contributed by atoms with van der Waals surface area (Å²) in [5.74, 6) is 0.922. The zero-order chi connectivity index (χ0) is 13.4. The topological polar surface area (TPSA) is 25.2 Å². The molecule has 2 nitrogen and oxygen atoms in total. The van der Waals surface area contributed by atoms with Gasteiger partial charge in [-0.25, -0.2) is 0 Å². The Balaban J connectivity index is 2.09. The van der Waals surface area contributed by atoms with Crippen LogP contribution in [0.25, 0.3) is 11.0 Å². The summed E-state index contributed by atoms with van der Waals surface area (Å²) in [7, 11) is 1.95. The number of nitrogens with one attached hydrogen (secondary N) is 1. The summed E-state index contributed by atoms with van der Waals surface area (Å²) in [6.07, 6.45) is 0. The molecule has 0 saturated carbocycles. The quantitative estimate of drug-likeness (QED) is 0.752. The van der Waals surface area contributed by atoms with E-state index in [-0.39, 0.29) is 6.04 Å². The Morgan fingerprint density at radius 3 is 2.79 bits per heavy atom. The smallest absolute Gasteiger partial charge is 0.134 e. The molecule has 0 bridgehead atoms. The number of hydrogen-bond acceptors (Lipinski definition) is 3. The molecule has 1 atom stereocenters. The molecule has 0 aliphatic carbocycles. The molecule has 3 rings (SSSR count). The van der Waals surface area contributed by atoms with E-state index < -0.39 is 0 Å². The summed E-state index contributed by atoms with van der Waals surface area (Å²) in [6.45, 7) is 2.12. The van der Waals surface area contributed by atoms with Crippen molar-refractivity contribution in [2.45, 2.75) is 13.0 Å². The Morgan fingerprint density at radius 1 is 1.26 bits per heavy atom. The predicted molar refractivity (Wildman–Crippen MR) is 81.2 cm³/mol. The van der Waals surface area contributed by atoms with Crippen molar-refractivity contribution in [3.63, 3.8) is 0 Å². The van der Waals surface area contributed by atoms with Gasteiger partial charge in [0.15, 0.2) is 0 Å². The van der Waals surface area contributed by atoms with Crippen LogP contribution in [0.5, 0.6) is 0 Å². The summed E-state index contributed by atoms with van der Waals surface area (Å²) >= 11 is 7.75. The maximum Gasteiger partial charge on any atom is 0.134 e. The van der Waals surface area contributed by atoms with Crippen molar-refractivity contribution in [2.24, 2.45) is 0 Å². The Kier molecular flexibility index (Phi) is 3.35. The molecule has 2 aromatic heterocycles. The third-order valence-electron chi connectivity index (χ3n) is 3.23. The van der Waals surface area contributed by atoms with Gasteiger partial charge in [0.05, 0.1) is 0 Å². The number of aryl methyl sites for hydroxylation is 1. The van der Waals surface area contributed by atoms with E-state index in [4.69, 9.17) is 16.0 Å². The molecule has 1 aromatic carbocycles. The van der Waals surface area contributed by atoms with Gasteiger partial charge < -0.3 is 9.73 Å². The first-order chi connectivity index (χ1) is 9.19. The van der Waals surface area contributed by atoms with Crippen molar-refractivity contribution in [3.8, 4) is 0 Å². The van der Waals surface area contributed by atoms with E-state index in [1.807, 2.05) is 25.2 Å². The van der Waals surface area contributed by atoms with E-state index in [9.17, 15) is 0 Å². The van der Waals surface area contributed by atoms with Gasteiger partial charge in [0, 0.05) is 15.3 Å². The van der Waals surface area contributed by atoms with Crippen LogP contribution in [0.1, 0.15) is 22.2 Å². The van der Waals surface area contributed by atoms with Crippen LogP contribution in [-0.4, -0.2) is 7.05 Å². The Hall–Kier alpha value is -1.29. The number of benzene rings is 1. The monoisotopic (exact) mass is 291 g/mol. The molecule has 0 spiro atoms. The van der Waals surface area contributed by atoms with Gasteiger partial charge in [0.25, 0.3) is 0 Å². The summed E-state index contributed by atoms with van der Waals surface area (Å²) in [6, 6.07) is 9.96. The number of thiophene rings is 1. The van der Waals surface area contributed by atoms with Gasteiger partial charge in [-0.3, -0.25) is 0 Å². The highest BCUT2D eigenvalue weighted by atomic mass is 35.5. The molecular formula is C15H14ClNOS. The average Bonchev–Trinajstić information content (AvgIpc) is 2.97. The zero-order valence-corrected chi connectivity index (χ0v) is 12.3. The molecule has 2 heterocycles. The van der Waals surface area contributed by atoms with Gasteiger partial charge >= 0.3 is 0 Å². The van der Waals surface area contributed by atoms with Gasteiger partial charge in [-0.1, -0.05) is 11.6 Å². The van der Waals surface area contributed by atoms with E-state index in [1.165, 1.54) is 10.4 Å². The highest BCUT2D eigenvalue weighted by Gasteiger charge is 2.19. The van der Waals surface area contributed by atoms with E-state index in [1.54, 1.807) is 11.3 Å². The number of fused-ring (bicyclic) bond motifs is 1. The third-order valence-corrected chi connectivity index (χ3v) is 4.55. The van der Waals surface area contributed by atoms with Crippen molar-refractivity contribution < 1.29 is 4.42 Å². The number of rotatable bonds is 3. The van der Waals surface area contributed by atoms with Crippen LogP contribution in [0.2, 0.25) is 5.02 Å². The van der Waals surface area contributed by atoms with Crippen LogP contribution in [0.4, 0.5) is 0 Å². The summed E-state index contributed by atoms with van der Waals surface area (Å²) in [5, 5.41) is 7.20. The van der Waals surface area contributed by atoms with Crippen molar-refractivity contribution >= 4 is 33.9 Å². The van der Waals surface area contributed by atoms with Crippen LogP contribution >= 0.6 is 22.9 Å². The van der Waals surface area contributed by atoms with Gasteiger partial charge in [-0.15, -0.1) is 11.3 Å². The molecule has 0 aliphatic heterocycles. The third kappa shape index (κ3) is 2.29. The Labute approximate surface area is 121 Å². The van der Waals surface area contributed by atoms with Crippen LogP contribution in [0, 0.1) is 6.92 Å². The number of halogens is 1. The first kappa shape index (κ1) is 12.7. The fourth-order valence-corrected chi connectivity index (χ4v) is 3.48. The van der Waals surface area contributed by atoms with Gasteiger partial charge in [-0.2, -0.15) is 0 Å². The van der Waals surface area contributed by atoms with E-state index in [0.717, 1.165) is 21.8 Å². The molecule has 19 heavy (non-hydrogen) atoms. The lowest BCUT2D eigenvalue weighted by Crippen LogP contribution is -2.16. The highest BCUT2D eigenvalue weighted by Crippen LogP contribution is 2.33. The molecule has 4 heteroatoms. The lowest BCUT2D eigenvalue weighted by molar-refractivity contribution is 0.494. The second kappa shape index (κ2) is 5.00. The maximum absolute atomic E-state index is 6.01. The molecule has 1 unspecified atom stereocenters. The second-order valence-corrected chi connectivity index (χ2v) is 5.90. The number of hydrogen-bond donors (Lipinski definition) is 1.